The minimum absolute atomic E-state index is 0.375. The molecule has 0 bridgehead atoms. The zero-order valence-corrected chi connectivity index (χ0v) is 14.1. The third-order valence-electron chi connectivity index (χ3n) is 3.92. The Morgan fingerprint density at radius 2 is 1.67 bits per heavy atom. The molecule has 1 amide bonds. The molecule has 0 aliphatic carbocycles. The van der Waals surface area contributed by atoms with Crippen LogP contribution < -0.4 is 4.90 Å². The van der Waals surface area contributed by atoms with E-state index >= 15 is 0 Å². The molecule has 0 atom stereocenters. The van der Waals surface area contributed by atoms with E-state index in [1.54, 1.807) is 17.0 Å². The van der Waals surface area contributed by atoms with Crippen molar-refractivity contribution >= 4 is 33.3 Å². The smallest absolute Gasteiger partial charge is 0.299 e. The Labute approximate surface area is 134 Å². The van der Waals surface area contributed by atoms with Crippen molar-refractivity contribution in [1.82, 2.24) is 0 Å². The van der Waals surface area contributed by atoms with Crippen LogP contribution in [0.2, 0.25) is 0 Å². The molecule has 1 heterocycles. The van der Waals surface area contributed by atoms with Crippen molar-refractivity contribution in [3.63, 3.8) is 0 Å². The normalized spacial score (nSPS) is 13.9. The Morgan fingerprint density at radius 3 is 2.38 bits per heavy atom. The van der Waals surface area contributed by atoms with E-state index in [1.807, 2.05) is 6.07 Å². The summed E-state index contributed by atoms with van der Waals surface area (Å²) in [7, 11) is 0. The summed E-state index contributed by atoms with van der Waals surface area (Å²) < 4.78 is 0.897. The molecule has 0 N–H and O–H groups in total. The number of halogens is 1. The Bertz CT molecular complexity index is 528. The van der Waals surface area contributed by atoms with E-state index in [0.29, 0.717) is 12.1 Å². The van der Waals surface area contributed by atoms with Gasteiger partial charge in [0.1, 0.15) is 0 Å². The van der Waals surface area contributed by atoms with E-state index in [4.69, 9.17) is 0 Å². The van der Waals surface area contributed by atoms with Gasteiger partial charge in [-0.05, 0) is 24.6 Å². The summed E-state index contributed by atoms with van der Waals surface area (Å²) in [6.07, 6.45) is 8.41. The van der Waals surface area contributed by atoms with Gasteiger partial charge >= 0.3 is 0 Å². The minimum Gasteiger partial charge on any atom is -0.305 e. The number of Topliss-reactive ketones (excluding diaryl/α,β-unsaturated/α-hetero) is 1. The van der Waals surface area contributed by atoms with Crippen LogP contribution in [0.25, 0.3) is 0 Å². The van der Waals surface area contributed by atoms with Crippen molar-refractivity contribution in [2.24, 2.45) is 0 Å². The molecule has 0 radical (unpaired) electrons. The molecule has 1 aromatic carbocycles. The van der Waals surface area contributed by atoms with Crippen molar-refractivity contribution in [1.29, 1.82) is 0 Å². The average Bonchev–Trinajstić information content (AvgIpc) is 2.70. The van der Waals surface area contributed by atoms with Crippen LogP contribution in [-0.4, -0.2) is 18.2 Å². The van der Waals surface area contributed by atoms with E-state index in [0.717, 1.165) is 23.0 Å². The molecule has 2 rings (SSSR count). The summed E-state index contributed by atoms with van der Waals surface area (Å²) in [6, 6.07) is 5.39. The van der Waals surface area contributed by atoms with E-state index in [-0.39, 0.29) is 11.7 Å². The van der Waals surface area contributed by atoms with Crippen LogP contribution in [0, 0.1) is 0 Å². The fourth-order valence-electron chi connectivity index (χ4n) is 2.72. The number of hydrogen-bond acceptors (Lipinski definition) is 2. The lowest BCUT2D eigenvalue weighted by atomic mass is 10.1. The molecule has 0 saturated heterocycles. The summed E-state index contributed by atoms with van der Waals surface area (Å²) >= 11 is 3.40. The lowest BCUT2D eigenvalue weighted by molar-refractivity contribution is -0.114. The third kappa shape index (κ3) is 3.94. The van der Waals surface area contributed by atoms with E-state index in [2.05, 4.69) is 22.9 Å². The summed E-state index contributed by atoms with van der Waals surface area (Å²) in [5, 5.41) is 0. The first-order chi connectivity index (χ1) is 10.1. The number of carbonyl (C=O) groups is 2. The zero-order chi connectivity index (χ0) is 15.2. The lowest BCUT2D eigenvalue weighted by Crippen LogP contribution is -2.30. The summed E-state index contributed by atoms with van der Waals surface area (Å²) in [5.74, 6) is -0.755. The largest absolute Gasteiger partial charge is 0.305 e. The Balaban J connectivity index is 1.85. The Hall–Kier alpha value is -1.16. The van der Waals surface area contributed by atoms with Gasteiger partial charge in [0, 0.05) is 11.0 Å². The maximum absolute atomic E-state index is 12.0. The van der Waals surface area contributed by atoms with Crippen molar-refractivity contribution in [3.05, 3.63) is 28.2 Å². The number of rotatable bonds is 8. The van der Waals surface area contributed by atoms with Crippen molar-refractivity contribution in [3.8, 4) is 0 Å². The van der Waals surface area contributed by atoms with Gasteiger partial charge in [-0.3, -0.25) is 9.59 Å². The van der Waals surface area contributed by atoms with Crippen LogP contribution in [0.3, 0.4) is 0 Å². The van der Waals surface area contributed by atoms with Crippen molar-refractivity contribution in [2.45, 2.75) is 51.9 Å². The van der Waals surface area contributed by atoms with Gasteiger partial charge in [-0.2, -0.15) is 0 Å². The molecule has 21 heavy (non-hydrogen) atoms. The van der Waals surface area contributed by atoms with Crippen LogP contribution in [0.15, 0.2) is 22.7 Å². The molecule has 0 saturated carbocycles. The van der Waals surface area contributed by atoms with Crippen LogP contribution in [0.4, 0.5) is 5.69 Å². The number of anilines is 1. The van der Waals surface area contributed by atoms with Crippen LogP contribution >= 0.6 is 15.9 Å². The highest BCUT2D eigenvalue weighted by atomic mass is 79.9. The molecule has 0 aromatic heterocycles. The second-order valence-corrected chi connectivity index (χ2v) is 6.48. The van der Waals surface area contributed by atoms with Gasteiger partial charge in [0.05, 0.1) is 11.3 Å². The minimum atomic E-state index is -0.380. The SMILES string of the molecule is CCCCCCCCCN1C(=O)C(=O)c2ccc(Br)cc21. The molecule has 0 unspecified atom stereocenters. The number of benzene rings is 1. The number of nitrogens with zero attached hydrogens (tertiary/aromatic N) is 1. The van der Waals surface area contributed by atoms with Crippen LogP contribution in [-0.2, 0) is 4.79 Å². The molecule has 1 aromatic rings. The molecule has 3 nitrogen and oxygen atoms in total. The number of amides is 1. The monoisotopic (exact) mass is 351 g/mol. The zero-order valence-electron chi connectivity index (χ0n) is 12.5. The highest BCUT2D eigenvalue weighted by Gasteiger charge is 2.35. The van der Waals surface area contributed by atoms with Crippen LogP contribution in [0.1, 0.15) is 62.2 Å². The maximum atomic E-state index is 12.0. The molecular weight excluding hydrogens is 330 g/mol. The van der Waals surface area contributed by atoms with E-state index < -0.39 is 0 Å². The third-order valence-corrected chi connectivity index (χ3v) is 4.41. The predicted octanol–water partition coefficient (Wildman–Crippen LogP) is 4.73. The molecule has 0 spiro atoms. The molecule has 0 fully saturated rings. The summed E-state index contributed by atoms with van der Waals surface area (Å²) in [6.45, 7) is 2.85. The first-order valence-electron chi connectivity index (χ1n) is 7.81. The van der Waals surface area contributed by atoms with Gasteiger partial charge in [0.2, 0.25) is 0 Å². The van der Waals surface area contributed by atoms with Gasteiger partial charge in [0.15, 0.2) is 0 Å². The molecular formula is C17H22BrNO2. The first-order valence-corrected chi connectivity index (χ1v) is 8.60. The van der Waals surface area contributed by atoms with Crippen LogP contribution in [0.5, 0.6) is 0 Å². The highest BCUT2D eigenvalue weighted by molar-refractivity contribution is 9.10. The molecule has 1 aliphatic heterocycles. The van der Waals surface area contributed by atoms with E-state index in [9.17, 15) is 9.59 Å². The highest BCUT2D eigenvalue weighted by Crippen LogP contribution is 2.31. The molecule has 1 aliphatic rings. The van der Waals surface area contributed by atoms with Gasteiger partial charge in [-0.15, -0.1) is 0 Å². The van der Waals surface area contributed by atoms with Crippen molar-refractivity contribution < 1.29 is 9.59 Å². The van der Waals surface area contributed by atoms with Gasteiger partial charge < -0.3 is 4.90 Å². The lowest BCUT2D eigenvalue weighted by Gasteiger charge is -2.16. The predicted molar refractivity (Wildman–Crippen MR) is 88.8 cm³/mol. The second kappa shape index (κ2) is 7.74. The molecule has 4 heteroatoms. The maximum Gasteiger partial charge on any atom is 0.299 e. The van der Waals surface area contributed by atoms with E-state index in [1.165, 1.54) is 32.1 Å². The number of fused-ring (bicyclic) bond motifs is 1. The summed E-state index contributed by atoms with van der Waals surface area (Å²) in [4.78, 5) is 25.6. The molecule has 114 valence electrons. The van der Waals surface area contributed by atoms with Crippen molar-refractivity contribution in [2.75, 3.05) is 11.4 Å². The average molecular weight is 352 g/mol. The number of carbonyl (C=O) groups excluding carboxylic acids is 2. The Morgan fingerprint density at radius 1 is 1.00 bits per heavy atom. The first kappa shape index (κ1) is 16.2. The number of ketones is 1. The van der Waals surface area contributed by atoms with Gasteiger partial charge in [0.25, 0.3) is 11.7 Å². The Kier molecular flexibility index (Phi) is 5.97. The number of hydrogen-bond donors (Lipinski definition) is 0. The topological polar surface area (TPSA) is 37.4 Å². The fourth-order valence-corrected chi connectivity index (χ4v) is 3.07. The standard InChI is InChI=1S/C17H22BrNO2/c1-2-3-4-5-6-7-8-11-19-15-12-13(18)9-10-14(15)16(20)17(19)21/h9-10,12H,2-8,11H2,1H3. The van der Waals surface area contributed by atoms with Gasteiger partial charge in [-0.1, -0.05) is 61.4 Å². The second-order valence-electron chi connectivity index (χ2n) is 5.57. The summed E-state index contributed by atoms with van der Waals surface area (Å²) in [5.41, 5.74) is 1.29. The quantitative estimate of drug-likeness (QED) is 0.501. The number of unbranched alkanes of at least 4 members (excludes halogenated alkanes) is 6. The van der Waals surface area contributed by atoms with Gasteiger partial charge in [-0.25, -0.2) is 0 Å². The fraction of sp³-hybridized carbons (Fsp3) is 0.529.